The van der Waals surface area contributed by atoms with E-state index in [4.69, 9.17) is 0 Å². The number of nitrogens with one attached hydrogen (secondary N) is 1. The first kappa shape index (κ1) is 24.2. The maximum atomic E-state index is 13.3. The Morgan fingerprint density at radius 1 is 0.909 bits per heavy atom. The fourth-order valence-corrected chi connectivity index (χ4v) is 3.82. The maximum Gasteiger partial charge on any atom is 0.335 e. The van der Waals surface area contributed by atoms with Crippen LogP contribution in [-0.2, 0) is 26.8 Å². The lowest BCUT2D eigenvalue weighted by atomic mass is 9.78. The summed E-state index contributed by atoms with van der Waals surface area (Å²) in [6, 6.07) is 9.88. The van der Waals surface area contributed by atoms with Gasteiger partial charge in [0, 0.05) is 11.1 Å². The first-order valence-corrected chi connectivity index (χ1v) is 11.1. The number of imide groups is 2. The van der Waals surface area contributed by atoms with Crippen molar-refractivity contribution in [2.75, 3.05) is 4.90 Å². The summed E-state index contributed by atoms with van der Waals surface area (Å²) in [7, 11) is 0. The van der Waals surface area contributed by atoms with Crippen LogP contribution in [-0.4, -0.2) is 23.0 Å². The van der Waals surface area contributed by atoms with Gasteiger partial charge in [-0.25, -0.2) is 9.69 Å². The van der Waals surface area contributed by atoms with Gasteiger partial charge in [0.2, 0.25) is 0 Å². The van der Waals surface area contributed by atoms with Gasteiger partial charge in [-0.15, -0.1) is 0 Å². The molecule has 174 valence electrons. The van der Waals surface area contributed by atoms with Gasteiger partial charge in [-0.3, -0.25) is 14.9 Å². The number of aryl methyl sites for hydroxylation is 1. The van der Waals surface area contributed by atoms with Crippen molar-refractivity contribution in [3.63, 3.8) is 0 Å². The molecular formula is C27H32N2O4. The van der Waals surface area contributed by atoms with E-state index in [1.165, 1.54) is 6.08 Å². The predicted octanol–water partition coefficient (Wildman–Crippen LogP) is 5.22. The monoisotopic (exact) mass is 448 g/mol. The Bertz CT molecular complexity index is 1110. The molecule has 4 amide bonds. The average Bonchev–Trinajstić information content (AvgIpc) is 2.70. The molecule has 0 unspecified atom stereocenters. The van der Waals surface area contributed by atoms with Gasteiger partial charge in [0.25, 0.3) is 11.8 Å². The number of carbonyl (C=O) groups excluding carboxylic acids is 3. The van der Waals surface area contributed by atoms with Crippen molar-refractivity contribution in [3.05, 3.63) is 64.2 Å². The summed E-state index contributed by atoms with van der Waals surface area (Å²) in [5.41, 5.74) is 2.65. The Labute approximate surface area is 195 Å². The molecule has 33 heavy (non-hydrogen) atoms. The molecule has 0 saturated carbocycles. The smallest absolute Gasteiger partial charge is 0.335 e. The third kappa shape index (κ3) is 4.85. The molecule has 0 aromatic heterocycles. The molecular weight excluding hydrogens is 416 g/mol. The third-order valence-electron chi connectivity index (χ3n) is 5.76. The van der Waals surface area contributed by atoms with Crippen molar-refractivity contribution in [2.24, 2.45) is 0 Å². The number of benzene rings is 2. The number of carbonyl (C=O) groups is 3. The van der Waals surface area contributed by atoms with Gasteiger partial charge in [0.1, 0.15) is 11.3 Å². The molecule has 2 aromatic carbocycles. The van der Waals surface area contributed by atoms with Gasteiger partial charge in [-0.1, -0.05) is 60.6 Å². The highest BCUT2D eigenvalue weighted by Crippen LogP contribution is 2.40. The topological polar surface area (TPSA) is 86.7 Å². The van der Waals surface area contributed by atoms with E-state index in [2.05, 4.69) is 5.32 Å². The van der Waals surface area contributed by atoms with E-state index in [1.54, 1.807) is 24.3 Å². The highest BCUT2D eigenvalue weighted by atomic mass is 16.3. The van der Waals surface area contributed by atoms with Crippen LogP contribution >= 0.6 is 0 Å². The molecule has 6 heteroatoms. The van der Waals surface area contributed by atoms with Gasteiger partial charge < -0.3 is 5.11 Å². The summed E-state index contributed by atoms with van der Waals surface area (Å²) >= 11 is 0. The number of barbiturate groups is 1. The van der Waals surface area contributed by atoms with Crippen LogP contribution in [0, 0.1) is 0 Å². The molecule has 0 bridgehead atoms. The van der Waals surface area contributed by atoms with Crippen molar-refractivity contribution >= 4 is 29.6 Å². The summed E-state index contributed by atoms with van der Waals surface area (Å²) in [5.74, 6) is -1.21. The van der Waals surface area contributed by atoms with Crippen molar-refractivity contribution in [1.29, 1.82) is 0 Å². The number of urea groups is 1. The van der Waals surface area contributed by atoms with Gasteiger partial charge in [-0.2, -0.15) is 0 Å². The van der Waals surface area contributed by atoms with Crippen molar-refractivity contribution < 1.29 is 19.5 Å². The van der Waals surface area contributed by atoms with Crippen molar-refractivity contribution in [1.82, 2.24) is 5.32 Å². The molecule has 1 saturated heterocycles. The zero-order valence-corrected chi connectivity index (χ0v) is 20.4. The van der Waals surface area contributed by atoms with E-state index in [9.17, 15) is 19.5 Å². The minimum Gasteiger partial charge on any atom is -0.507 e. The Morgan fingerprint density at radius 3 is 1.88 bits per heavy atom. The number of hydrogen-bond acceptors (Lipinski definition) is 4. The summed E-state index contributed by atoms with van der Waals surface area (Å²) in [6.07, 6.45) is 2.32. The lowest BCUT2D eigenvalue weighted by molar-refractivity contribution is -0.122. The van der Waals surface area contributed by atoms with Gasteiger partial charge in [0.15, 0.2) is 0 Å². The summed E-state index contributed by atoms with van der Waals surface area (Å²) in [6.45, 7) is 14.0. The molecule has 0 spiro atoms. The second kappa shape index (κ2) is 8.50. The summed E-state index contributed by atoms with van der Waals surface area (Å²) in [4.78, 5) is 39.4. The SMILES string of the molecule is CCc1ccc(N2C(=O)NC(=O)/C(=C/c3cc(C(C)(C)C)c(O)c(C(C)(C)C)c3)C2=O)cc1. The average molecular weight is 449 g/mol. The van der Waals surface area contributed by atoms with Crippen molar-refractivity contribution in [2.45, 2.75) is 65.7 Å². The summed E-state index contributed by atoms with van der Waals surface area (Å²) < 4.78 is 0. The number of amides is 4. The van der Waals surface area contributed by atoms with Crippen LogP contribution in [0.3, 0.4) is 0 Å². The van der Waals surface area contributed by atoms with Crippen LogP contribution in [0.1, 0.15) is 70.7 Å². The number of aromatic hydroxyl groups is 1. The number of hydrogen-bond donors (Lipinski definition) is 2. The standard InChI is InChI=1S/C27H32N2O4/c1-8-16-9-11-18(12-10-16)29-24(32)19(23(31)28-25(29)33)13-17-14-20(26(2,3)4)22(30)21(15-17)27(5,6)7/h9-15,30H,8H2,1-7H3,(H,28,31,33)/b19-13-. The van der Waals surface area contributed by atoms with E-state index < -0.39 is 17.8 Å². The highest BCUT2D eigenvalue weighted by Gasteiger charge is 2.37. The first-order valence-electron chi connectivity index (χ1n) is 11.1. The molecule has 1 fully saturated rings. The van der Waals surface area contributed by atoms with E-state index >= 15 is 0 Å². The van der Waals surface area contributed by atoms with E-state index in [1.807, 2.05) is 60.6 Å². The number of phenolic OH excluding ortho intramolecular Hbond substituents is 1. The van der Waals surface area contributed by atoms with Crippen LogP contribution in [0.15, 0.2) is 42.0 Å². The second-order valence-electron chi connectivity index (χ2n) is 10.4. The molecule has 1 aliphatic heterocycles. The van der Waals surface area contributed by atoms with Gasteiger partial charge in [-0.05, 0) is 58.7 Å². The molecule has 6 nitrogen and oxygen atoms in total. The minimum absolute atomic E-state index is 0.139. The Kier molecular flexibility index (Phi) is 6.25. The zero-order chi connectivity index (χ0) is 24.7. The number of nitrogens with zero attached hydrogens (tertiary/aromatic N) is 1. The van der Waals surface area contributed by atoms with E-state index in [0.717, 1.165) is 16.9 Å². The molecule has 1 heterocycles. The maximum absolute atomic E-state index is 13.3. The summed E-state index contributed by atoms with van der Waals surface area (Å²) in [5, 5.41) is 13.2. The molecule has 0 aliphatic carbocycles. The molecule has 0 radical (unpaired) electrons. The molecule has 1 aliphatic rings. The number of anilines is 1. The zero-order valence-electron chi connectivity index (χ0n) is 20.4. The van der Waals surface area contributed by atoms with Crippen LogP contribution in [0.4, 0.5) is 10.5 Å². The molecule has 2 N–H and O–H groups in total. The van der Waals surface area contributed by atoms with Crippen LogP contribution in [0.2, 0.25) is 0 Å². The van der Waals surface area contributed by atoms with Crippen LogP contribution in [0.5, 0.6) is 5.75 Å². The minimum atomic E-state index is -0.775. The molecule has 3 rings (SSSR count). The Balaban J connectivity index is 2.13. The Hall–Kier alpha value is -3.41. The normalized spacial score (nSPS) is 16.4. The molecule has 2 aromatic rings. The van der Waals surface area contributed by atoms with Crippen LogP contribution in [0.25, 0.3) is 6.08 Å². The van der Waals surface area contributed by atoms with Gasteiger partial charge >= 0.3 is 6.03 Å². The van der Waals surface area contributed by atoms with Crippen LogP contribution < -0.4 is 10.2 Å². The largest absolute Gasteiger partial charge is 0.507 e. The number of rotatable bonds is 3. The van der Waals surface area contributed by atoms with E-state index in [0.29, 0.717) is 22.4 Å². The number of phenols is 1. The fraction of sp³-hybridized carbons (Fsp3) is 0.370. The fourth-order valence-electron chi connectivity index (χ4n) is 3.82. The van der Waals surface area contributed by atoms with Gasteiger partial charge in [0.05, 0.1) is 5.69 Å². The van der Waals surface area contributed by atoms with E-state index in [-0.39, 0.29) is 22.2 Å². The van der Waals surface area contributed by atoms with Crippen molar-refractivity contribution in [3.8, 4) is 5.75 Å². The first-order chi connectivity index (χ1) is 15.2. The highest BCUT2D eigenvalue weighted by molar-refractivity contribution is 6.39. The quantitative estimate of drug-likeness (QED) is 0.498. The molecule has 0 atom stereocenters. The third-order valence-corrected chi connectivity index (χ3v) is 5.76. The lowest BCUT2D eigenvalue weighted by Gasteiger charge is -2.28. The predicted molar refractivity (Wildman–Crippen MR) is 130 cm³/mol. The lowest BCUT2D eigenvalue weighted by Crippen LogP contribution is -2.54. The Morgan fingerprint density at radius 2 is 1.42 bits per heavy atom. The second-order valence-corrected chi connectivity index (χ2v) is 10.4.